The number of aliphatic hydroxyl groups is 16. The molecule has 0 unspecified atom stereocenters. The van der Waals surface area contributed by atoms with Crippen molar-refractivity contribution in [3.8, 4) is 0 Å². The molecule has 4 saturated heterocycles. The Hall–Kier alpha value is -0.880. The van der Waals surface area contributed by atoms with E-state index in [1.54, 1.807) is 0 Å². The SMILES string of the molecule is OC[C@H]1O[C@@H](O[C@@H]2[C@@H](CO)O[C@](O)(CO)[C@H]2O)[C@H](O)[C@@H](O)[C@H]1O.OC[C@H]1O[C@@](CO)(O[C@H]2O[C@H](CO)[C@@H](O)[C@H](O)[C@H]2O)[C@@H](O)[C@@H]1O. The van der Waals surface area contributed by atoms with Crippen molar-refractivity contribution in [2.24, 2.45) is 0 Å². The maximum atomic E-state index is 10.00. The lowest BCUT2D eigenvalue weighted by Crippen LogP contribution is -2.62. The van der Waals surface area contributed by atoms with Gasteiger partial charge in [-0.05, 0) is 0 Å². The standard InChI is InChI=1S/2C12H22O11/c13-1-4-6(16)7(17)8(18)11(21-4)22-9-5(2-14)23-12(20,3-15)10(9)19;13-1-4-6(16)8(18)9(19)11(21-4)23-12(3-15)10(20)7(17)5(2-14)22-12/h2*4-11,13-20H,1-3H2/t4-,5-,6+,7+,8-,9-,10+,11+,12-;4-,5-,6-,7-,8+,9-,10+,11-,12+/m11/s1. The zero-order valence-electron chi connectivity index (χ0n) is 24.1. The number of ether oxygens (including phenoxy) is 6. The molecule has 272 valence electrons. The lowest BCUT2D eigenvalue weighted by Gasteiger charge is -2.43. The van der Waals surface area contributed by atoms with Crippen LogP contribution in [0.15, 0.2) is 0 Å². The van der Waals surface area contributed by atoms with E-state index in [0.717, 1.165) is 0 Å². The predicted molar refractivity (Wildman–Crippen MR) is 137 cm³/mol. The van der Waals surface area contributed by atoms with E-state index >= 15 is 0 Å². The first-order valence-electron chi connectivity index (χ1n) is 14.1. The molecule has 4 fully saturated rings. The van der Waals surface area contributed by atoms with Crippen LogP contribution >= 0.6 is 0 Å². The second-order valence-corrected chi connectivity index (χ2v) is 11.1. The Morgan fingerprint density at radius 2 is 0.957 bits per heavy atom. The summed E-state index contributed by atoms with van der Waals surface area (Å²) < 4.78 is 30.8. The van der Waals surface area contributed by atoms with E-state index in [0.29, 0.717) is 0 Å². The van der Waals surface area contributed by atoms with Gasteiger partial charge in [0.1, 0.15) is 92.1 Å². The van der Waals surface area contributed by atoms with E-state index in [9.17, 15) is 61.3 Å². The highest BCUT2D eigenvalue weighted by Crippen LogP contribution is 2.36. The molecule has 0 aromatic carbocycles. The van der Waals surface area contributed by atoms with Gasteiger partial charge in [-0.15, -0.1) is 0 Å². The van der Waals surface area contributed by atoms with Crippen molar-refractivity contribution in [2.75, 3.05) is 39.6 Å². The molecule has 22 heteroatoms. The van der Waals surface area contributed by atoms with Crippen LogP contribution in [0.5, 0.6) is 0 Å². The Bertz CT molecular complexity index is 930. The second-order valence-electron chi connectivity index (χ2n) is 11.1. The third-order valence-electron chi connectivity index (χ3n) is 8.11. The van der Waals surface area contributed by atoms with Gasteiger partial charge in [0, 0.05) is 0 Å². The van der Waals surface area contributed by atoms with Crippen LogP contribution in [0, 0.1) is 0 Å². The minimum absolute atomic E-state index is 0.668. The first-order chi connectivity index (χ1) is 21.6. The van der Waals surface area contributed by atoms with E-state index in [-0.39, 0.29) is 0 Å². The molecule has 0 aliphatic carbocycles. The Morgan fingerprint density at radius 3 is 1.39 bits per heavy atom. The highest BCUT2D eigenvalue weighted by atomic mass is 16.8. The smallest absolute Gasteiger partial charge is 0.224 e. The van der Waals surface area contributed by atoms with Crippen molar-refractivity contribution in [1.29, 1.82) is 0 Å². The predicted octanol–water partition coefficient (Wildman–Crippen LogP) is -10.8. The van der Waals surface area contributed by atoms with Gasteiger partial charge in [-0.1, -0.05) is 0 Å². The second kappa shape index (κ2) is 16.2. The molecule has 0 radical (unpaired) electrons. The van der Waals surface area contributed by atoms with Crippen molar-refractivity contribution < 1.29 is 110 Å². The van der Waals surface area contributed by atoms with E-state index in [2.05, 4.69) is 0 Å². The number of aliphatic hydroxyl groups excluding tert-OH is 15. The zero-order chi connectivity index (χ0) is 34.7. The molecule has 0 amide bonds. The van der Waals surface area contributed by atoms with E-state index in [1.165, 1.54) is 0 Å². The highest BCUT2D eigenvalue weighted by Gasteiger charge is 2.59. The third-order valence-corrected chi connectivity index (χ3v) is 8.11. The molecule has 0 saturated carbocycles. The molecule has 46 heavy (non-hydrogen) atoms. The fourth-order valence-electron chi connectivity index (χ4n) is 5.26. The molecule has 16 N–H and O–H groups in total. The number of hydrogen-bond donors (Lipinski definition) is 16. The summed E-state index contributed by atoms with van der Waals surface area (Å²) in [5.74, 6) is -4.59. The number of rotatable bonds is 10. The Labute approximate surface area is 260 Å². The van der Waals surface area contributed by atoms with E-state index in [4.69, 9.17) is 48.8 Å². The van der Waals surface area contributed by atoms with Crippen LogP contribution in [0.2, 0.25) is 0 Å². The molecule has 0 aromatic rings. The molecule has 0 aromatic heterocycles. The van der Waals surface area contributed by atoms with Gasteiger partial charge in [0.15, 0.2) is 12.6 Å². The summed E-state index contributed by atoms with van der Waals surface area (Å²) in [6, 6.07) is 0. The zero-order valence-corrected chi connectivity index (χ0v) is 24.1. The van der Waals surface area contributed by atoms with Crippen molar-refractivity contribution >= 4 is 0 Å². The Morgan fingerprint density at radius 1 is 0.478 bits per heavy atom. The van der Waals surface area contributed by atoms with Crippen molar-refractivity contribution in [2.45, 2.75) is 110 Å². The molecule has 4 aliphatic rings. The van der Waals surface area contributed by atoms with Gasteiger partial charge in [-0.3, -0.25) is 0 Å². The minimum Gasteiger partial charge on any atom is -0.394 e. The number of hydrogen-bond acceptors (Lipinski definition) is 22. The maximum absolute atomic E-state index is 10.00. The summed E-state index contributed by atoms with van der Waals surface area (Å²) in [4.78, 5) is 0. The average Bonchev–Trinajstić information content (AvgIpc) is 3.45. The summed E-state index contributed by atoms with van der Waals surface area (Å²) in [7, 11) is 0. The topological polar surface area (TPSA) is 379 Å². The fraction of sp³-hybridized carbons (Fsp3) is 1.00. The van der Waals surface area contributed by atoms with Crippen LogP contribution in [0.1, 0.15) is 0 Å². The summed E-state index contributed by atoms with van der Waals surface area (Å²) >= 11 is 0. The summed E-state index contributed by atoms with van der Waals surface area (Å²) in [6.45, 7) is -4.64. The summed E-state index contributed by atoms with van der Waals surface area (Å²) in [5.41, 5.74) is 0. The first-order valence-corrected chi connectivity index (χ1v) is 14.1. The van der Waals surface area contributed by atoms with Crippen molar-refractivity contribution in [3.05, 3.63) is 0 Å². The van der Waals surface area contributed by atoms with Gasteiger partial charge in [-0.2, -0.15) is 0 Å². The molecule has 0 bridgehead atoms. The van der Waals surface area contributed by atoms with Gasteiger partial charge < -0.3 is 110 Å². The van der Waals surface area contributed by atoms with Crippen LogP contribution < -0.4 is 0 Å². The van der Waals surface area contributed by atoms with Crippen LogP contribution in [-0.4, -0.2) is 231 Å². The first kappa shape index (κ1) is 39.6. The lowest BCUT2D eigenvalue weighted by molar-refractivity contribution is -0.383. The molecule has 4 heterocycles. The van der Waals surface area contributed by atoms with Gasteiger partial charge in [0.25, 0.3) is 0 Å². The Balaban J connectivity index is 0.000000250. The highest BCUT2D eigenvalue weighted by molar-refractivity contribution is 4.99. The van der Waals surface area contributed by atoms with Gasteiger partial charge in [-0.25, -0.2) is 0 Å². The molecule has 4 rings (SSSR count). The molecule has 18 atom stereocenters. The van der Waals surface area contributed by atoms with Gasteiger partial charge in [0.2, 0.25) is 11.6 Å². The molecule has 4 aliphatic heterocycles. The normalized spacial score (nSPS) is 51.1. The van der Waals surface area contributed by atoms with E-state index in [1.807, 2.05) is 0 Å². The minimum atomic E-state index is -2.37. The molecular weight excluding hydrogens is 640 g/mol. The lowest BCUT2D eigenvalue weighted by atomic mass is 9.99. The van der Waals surface area contributed by atoms with E-state index < -0.39 is 149 Å². The van der Waals surface area contributed by atoms with Crippen molar-refractivity contribution in [1.82, 2.24) is 0 Å². The third kappa shape index (κ3) is 7.63. The van der Waals surface area contributed by atoms with Crippen LogP contribution in [0.3, 0.4) is 0 Å². The molecular formula is C24H44O22. The quantitative estimate of drug-likeness (QED) is 0.101. The summed E-state index contributed by atoms with van der Waals surface area (Å²) in [5, 5.41) is 153. The average molecular weight is 685 g/mol. The van der Waals surface area contributed by atoms with Crippen molar-refractivity contribution in [3.63, 3.8) is 0 Å². The fourth-order valence-corrected chi connectivity index (χ4v) is 5.26. The van der Waals surface area contributed by atoms with Gasteiger partial charge in [0.05, 0.1) is 33.0 Å². The maximum Gasteiger partial charge on any atom is 0.224 e. The largest absolute Gasteiger partial charge is 0.394 e. The summed E-state index contributed by atoms with van der Waals surface area (Å²) in [6.07, 6.45) is -24.9. The molecule has 22 nitrogen and oxygen atoms in total. The molecule has 0 spiro atoms. The van der Waals surface area contributed by atoms with Crippen LogP contribution in [-0.2, 0) is 28.4 Å². The Kier molecular flexibility index (Phi) is 13.9. The van der Waals surface area contributed by atoms with Gasteiger partial charge >= 0.3 is 0 Å². The van der Waals surface area contributed by atoms with Crippen LogP contribution in [0.25, 0.3) is 0 Å². The van der Waals surface area contributed by atoms with Crippen LogP contribution in [0.4, 0.5) is 0 Å². The monoisotopic (exact) mass is 684 g/mol.